The Hall–Kier alpha value is -2.08. The molecule has 0 aromatic heterocycles. The van der Waals surface area contributed by atoms with Crippen LogP contribution in [-0.2, 0) is 4.79 Å². The maximum absolute atomic E-state index is 12.9. The summed E-state index contributed by atoms with van der Waals surface area (Å²) in [6, 6.07) is 16.4. The number of amides is 1. The van der Waals surface area contributed by atoms with Crippen LogP contribution >= 0.6 is 11.6 Å². The van der Waals surface area contributed by atoms with E-state index in [0.29, 0.717) is 0 Å². The van der Waals surface area contributed by atoms with Crippen molar-refractivity contribution in [3.05, 3.63) is 64.7 Å². The number of carbonyl (C=O) groups is 1. The zero-order valence-corrected chi connectivity index (χ0v) is 16.2. The molecule has 2 aliphatic heterocycles. The van der Waals surface area contributed by atoms with Crippen molar-refractivity contribution in [2.75, 3.05) is 31.1 Å². The van der Waals surface area contributed by atoms with Crippen molar-refractivity contribution in [2.45, 2.75) is 25.4 Å². The zero-order chi connectivity index (χ0) is 18.8. The molecule has 0 aliphatic carbocycles. The molecular weight excluding hydrogens is 360 g/mol. The third-order valence-corrected chi connectivity index (χ3v) is 5.72. The molecule has 2 heterocycles. The first-order valence-electron chi connectivity index (χ1n) is 9.47. The van der Waals surface area contributed by atoms with E-state index in [-0.39, 0.29) is 18.0 Å². The Morgan fingerprint density at radius 3 is 2.30 bits per heavy atom. The third-order valence-electron chi connectivity index (χ3n) is 5.46. The summed E-state index contributed by atoms with van der Waals surface area (Å²) in [5, 5.41) is 0.746. The molecule has 2 saturated heterocycles. The second-order valence-electron chi connectivity index (χ2n) is 7.33. The van der Waals surface area contributed by atoms with Gasteiger partial charge >= 0.3 is 0 Å². The summed E-state index contributed by atoms with van der Waals surface area (Å²) < 4.78 is 0. The Kier molecular flexibility index (Phi) is 5.34. The number of nitrogens with one attached hydrogen (secondary N) is 2. The van der Waals surface area contributed by atoms with Crippen LogP contribution in [0.3, 0.4) is 0 Å². The molecule has 2 atom stereocenters. The smallest absolute Gasteiger partial charge is 0.241 e. The van der Waals surface area contributed by atoms with E-state index in [1.54, 1.807) is 0 Å². The van der Waals surface area contributed by atoms with Crippen LogP contribution in [-0.4, -0.2) is 43.0 Å². The van der Waals surface area contributed by atoms with E-state index < -0.39 is 0 Å². The fraction of sp³-hybridized carbons (Fsp3) is 0.381. The number of nitrogens with zero attached hydrogens (tertiary/aromatic N) is 2. The first-order chi connectivity index (χ1) is 13.1. The highest BCUT2D eigenvalue weighted by molar-refractivity contribution is 6.30. The zero-order valence-electron chi connectivity index (χ0n) is 15.5. The molecule has 5 nitrogen and oxygen atoms in total. The van der Waals surface area contributed by atoms with Crippen LogP contribution in [0.5, 0.6) is 0 Å². The molecule has 1 amide bonds. The van der Waals surface area contributed by atoms with Gasteiger partial charge in [-0.05, 0) is 43.2 Å². The molecule has 142 valence electrons. The lowest BCUT2D eigenvalue weighted by atomic mass is 10.0. The summed E-state index contributed by atoms with van der Waals surface area (Å²) >= 11 is 5.97. The number of hydrogen-bond acceptors (Lipinski definition) is 4. The average molecular weight is 385 g/mol. The topological polar surface area (TPSA) is 47.6 Å². The molecule has 2 N–H and O–H groups in total. The summed E-state index contributed by atoms with van der Waals surface area (Å²) in [5.41, 5.74) is 10.1. The minimum absolute atomic E-state index is 0.168. The van der Waals surface area contributed by atoms with Crippen molar-refractivity contribution in [2.24, 2.45) is 0 Å². The van der Waals surface area contributed by atoms with Crippen LogP contribution in [0.4, 0.5) is 5.69 Å². The van der Waals surface area contributed by atoms with Gasteiger partial charge in [0.15, 0.2) is 0 Å². The molecule has 2 aliphatic rings. The Balaban J connectivity index is 1.32. The molecule has 0 saturated carbocycles. The van der Waals surface area contributed by atoms with Gasteiger partial charge < -0.3 is 9.80 Å². The van der Waals surface area contributed by atoms with Crippen molar-refractivity contribution in [3.8, 4) is 0 Å². The molecular formula is C21H25ClN4O. The second-order valence-corrected chi connectivity index (χ2v) is 7.77. The van der Waals surface area contributed by atoms with Gasteiger partial charge in [-0.15, -0.1) is 0 Å². The van der Waals surface area contributed by atoms with E-state index in [9.17, 15) is 4.79 Å². The van der Waals surface area contributed by atoms with Gasteiger partial charge in [0.05, 0.1) is 0 Å². The molecule has 2 unspecified atom stereocenters. The molecule has 2 aromatic carbocycles. The Morgan fingerprint density at radius 1 is 0.963 bits per heavy atom. The number of anilines is 1. The quantitative estimate of drug-likeness (QED) is 0.854. The highest BCUT2D eigenvalue weighted by atomic mass is 35.5. The van der Waals surface area contributed by atoms with E-state index in [1.165, 1.54) is 11.1 Å². The number of hydrazine groups is 1. The lowest BCUT2D eigenvalue weighted by Crippen LogP contribution is -2.53. The predicted octanol–water partition coefficient (Wildman–Crippen LogP) is 2.90. The maximum atomic E-state index is 12.9. The molecule has 0 radical (unpaired) electrons. The maximum Gasteiger partial charge on any atom is 0.241 e. The van der Waals surface area contributed by atoms with Gasteiger partial charge in [-0.1, -0.05) is 41.4 Å². The lowest BCUT2D eigenvalue weighted by Gasteiger charge is -2.37. The van der Waals surface area contributed by atoms with Gasteiger partial charge in [0.25, 0.3) is 0 Å². The van der Waals surface area contributed by atoms with E-state index in [0.717, 1.165) is 43.3 Å². The Bertz CT molecular complexity index is 785. The summed E-state index contributed by atoms with van der Waals surface area (Å²) in [6.07, 6.45) is 0.777. The van der Waals surface area contributed by atoms with Crippen LogP contribution in [0.2, 0.25) is 5.02 Å². The largest absolute Gasteiger partial charge is 0.368 e. The molecule has 0 bridgehead atoms. The van der Waals surface area contributed by atoms with Crippen molar-refractivity contribution in [1.29, 1.82) is 0 Å². The predicted molar refractivity (Wildman–Crippen MR) is 109 cm³/mol. The Labute approximate surface area is 165 Å². The van der Waals surface area contributed by atoms with Crippen LogP contribution in [0.15, 0.2) is 48.5 Å². The van der Waals surface area contributed by atoms with Crippen LogP contribution in [0, 0.1) is 6.92 Å². The minimum atomic E-state index is -0.168. The van der Waals surface area contributed by atoms with Gasteiger partial charge in [-0.3, -0.25) is 4.79 Å². The van der Waals surface area contributed by atoms with Gasteiger partial charge in [0, 0.05) is 42.9 Å². The fourth-order valence-corrected chi connectivity index (χ4v) is 3.92. The van der Waals surface area contributed by atoms with Crippen molar-refractivity contribution >= 4 is 23.2 Å². The number of piperazine rings is 1. The summed E-state index contributed by atoms with van der Waals surface area (Å²) in [4.78, 5) is 17.2. The first-order valence-corrected chi connectivity index (χ1v) is 9.85. The molecule has 2 fully saturated rings. The van der Waals surface area contributed by atoms with Crippen LogP contribution in [0.25, 0.3) is 0 Å². The summed E-state index contributed by atoms with van der Waals surface area (Å²) in [5.74, 6) is 0.188. The van der Waals surface area contributed by atoms with E-state index in [2.05, 4.69) is 46.9 Å². The Morgan fingerprint density at radius 2 is 1.63 bits per heavy atom. The van der Waals surface area contributed by atoms with E-state index >= 15 is 0 Å². The highest BCUT2D eigenvalue weighted by Gasteiger charge is 2.34. The number of halogens is 1. The molecule has 4 rings (SSSR count). The highest BCUT2D eigenvalue weighted by Crippen LogP contribution is 2.24. The number of carbonyl (C=O) groups excluding carboxylic acids is 1. The summed E-state index contributed by atoms with van der Waals surface area (Å²) in [6.45, 7) is 5.26. The fourth-order valence-electron chi connectivity index (χ4n) is 3.79. The number of rotatable bonds is 3. The monoisotopic (exact) mass is 384 g/mol. The minimum Gasteiger partial charge on any atom is -0.368 e. The first kappa shape index (κ1) is 18.3. The molecule has 27 heavy (non-hydrogen) atoms. The van der Waals surface area contributed by atoms with E-state index in [4.69, 9.17) is 11.6 Å². The lowest BCUT2D eigenvalue weighted by molar-refractivity contribution is -0.133. The average Bonchev–Trinajstić information content (AvgIpc) is 3.19. The third kappa shape index (κ3) is 4.10. The van der Waals surface area contributed by atoms with Gasteiger partial charge in [-0.2, -0.15) is 0 Å². The summed E-state index contributed by atoms with van der Waals surface area (Å²) in [7, 11) is 0. The van der Waals surface area contributed by atoms with Crippen molar-refractivity contribution < 1.29 is 4.79 Å². The van der Waals surface area contributed by atoms with E-state index in [1.807, 2.05) is 29.2 Å². The van der Waals surface area contributed by atoms with Crippen LogP contribution in [0.1, 0.15) is 23.6 Å². The van der Waals surface area contributed by atoms with Gasteiger partial charge in [-0.25, -0.2) is 10.9 Å². The SMILES string of the molecule is Cc1ccc(C2CC(C(=O)N3CCN(c4ccc(Cl)cc4)CC3)NN2)cc1. The molecule has 6 heteroatoms. The molecule has 2 aromatic rings. The number of hydrogen-bond donors (Lipinski definition) is 2. The second kappa shape index (κ2) is 7.89. The van der Waals surface area contributed by atoms with Gasteiger partial charge in [0.2, 0.25) is 5.91 Å². The standard InChI is InChI=1S/C21H25ClN4O/c1-15-2-4-16(5-3-15)19-14-20(24-23-19)21(27)26-12-10-25(11-13-26)18-8-6-17(22)7-9-18/h2-9,19-20,23-24H,10-14H2,1H3. The van der Waals surface area contributed by atoms with Gasteiger partial charge in [0.1, 0.15) is 6.04 Å². The number of benzene rings is 2. The number of aryl methyl sites for hydroxylation is 1. The molecule has 0 spiro atoms. The normalized spacial score (nSPS) is 22.9. The van der Waals surface area contributed by atoms with Crippen molar-refractivity contribution in [1.82, 2.24) is 15.8 Å². The van der Waals surface area contributed by atoms with Crippen LogP contribution < -0.4 is 15.8 Å². The van der Waals surface area contributed by atoms with Crippen molar-refractivity contribution in [3.63, 3.8) is 0 Å².